The lowest BCUT2D eigenvalue weighted by molar-refractivity contribution is -0.119. The van der Waals surface area contributed by atoms with Crippen molar-refractivity contribution in [2.75, 3.05) is 5.32 Å². The Bertz CT molecular complexity index is 860. The molecular weight excluding hydrogens is 377 g/mol. The van der Waals surface area contributed by atoms with Crippen LogP contribution in [0.5, 0.6) is 0 Å². The van der Waals surface area contributed by atoms with Crippen molar-refractivity contribution in [1.29, 1.82) is 0 Å². The van der Waals surface area contributed by atoms with Crippen molar-refractivity contribution in [3.63, 3.8) is 0 Å². The number of carbonyl (C=O) groups is 1. The maximum Gasteiger partial charge on any atom is 0.250 e. The summed E-state index contributed by atoms with van der Waals surface area (Å²) >= 11 is 3.30. The molecule has 0 aliphatic carbocycles. The minimum atomic E-state index is -0.479. The Morgan fingerprint density at radius 2 is 2.17 bits per heavy atom. The molecule has 1 unspecified atom stereocenters. The molecule has 2 aromatic heterocycles. The van der Waals surface area contributed by atoms with Gasteiger partial charge < -0.3 is 5.32 Å². The van der Waals surface area contributed by atoms with Crippen LogP contribution in [0.2, 0.25) is 0 Å². The lowest BCUT2D eigenvalue weighted by Crippen LogP contribution is -2.24. The van der Waals surface area contributed by atoms with Gasteiger partial charge in [0.05, 0.1) is 17.2 Å². The van der Waals surface area contributed by atoms with E-state index in [1.54, 1.807) is 59.1 Å². The summed E-state index contributed by atoms with van der Waals surface area (Å²) in [6.45, 7) is 2.04. The second-order valence-electron chi connectivity index (χ2n) is 5.29. The largest absolute Gasteiger partial charge is 0.307 e. The van der Waals surface area contributed by atoms with Crippen LogP contribution in [0.1, 0.15) is 18.5 Å². The monoisotopic (exact) mass is 391 g/mol. The molecule has 1 N–H and O–H groups in total. The van der Waals surface area contributed by atoms with Gasteiger partial charge in [-0.15, -0.1) is 0 Å². The van der Waals surface area contributed by atoms with Crippen molar-refractivity contribution in [3.05, 3.63) is 64.8 Å². The molecule has 6 nitrogen and oxygen atoms in total. The SMILES string of the molecule is CC(C(=O)Nc1ccn(Cc2ccccc2F)n1)n1cc(Br)cn1. The van der Waals surface area contributed by atoms with Gasteiger partial charge in [-0.3, -0.25) is 14.2 Å². The van der Waals surface area contributed by atoms with Gasteiger partial charge in [0.2, 0.25) is 5.91 Å². The van der Waals surface area contributed by atoms with Crippen molar-refractivity contribution >= 4 is 27.7 Å². The molecule has 0 fully saturated rings. The Morgan fingerprint density at radius 3 is 2.88 bits per heavy atom. The van der Waals surface area contributed by atoms with Crippen molar-refractivity contribution in [2.24, 2.45) is 0 Å². The number of carbonyl (C=O) groups excluding carboxylic acids is 1. The molecule has 8 heteroatoms. The third kappa shape index (κ3) is 3.70. The number of halogens is 2. The molecule has 1 aromatic carbocycles. The normalized spacial score (nSPS) is 12.1. The number of hydrogen-bond acceptors (Lipinski definition) is 3. The number of aromatic nitrogens is 4. The van der Waals surface area contributed by atoms with Gasteiger partial charge in [-0.05, 0) is 28.9 Å². The van der Waals surface area contributed by atoms with E-state index in [0.717, 1.165) is 4.47 Å². The fraction of sp³-hybridized carbons (Fsp3) is 0.188. The molecule has 124 valence electrons. The lowest BCUT2D eigenvalue weighted by atomic mass is 10.2. The first-order valence-electron chi connectivity index (χ1n) is 7.30. The Kier molecular flexibility index (Phi) is 4.75. The highest BCUT2D eigenvalue weighted by Gasteiger charge is 2.17. The summed E-state index contributed by atoms with van der Waals surface area (Å²) < 4.78 is 17.6. The Balaban J connectivity index is 1.65. The van der Waals surface area contributed by atoms with Gasteiger partial charge in [0.25, 0.3) is 0 Å². The molecule has 0 aliphatic rings. The molecule has 0 radical (unpaired) electrons. The lowest BCUT2D eigenvalue weighted by Gasteiger charge is -2.11. The van der Waals surface area contributed by atoms with Gasteiger partial charge in [-0.2, -0.15) is 10.2 Å². The van der Waals surface area contributed by atoms with Gasteiger partial charge in [-0.25, -0.2) is 4.39 Å². The van der Waals surface area contributed by atoms with Crippen molar-refractivity contribution < 1.29 is 9.18 Å². The highest BCUT2D eigenvalue weighted by atomic mass is 79.9. The van der Waals surface area contributed by atoms with Crippen LogP contribution in [0.15, 0.2) is 53.4 Å². The summed E-state index contributed by atoms with van der Waals surface area (Å²) in [4.78, 5) is 12.2. The zero-order valence-corrected chi connectivity index (χ0v) is 14.4. The highest BCUT2D eigenvalue weighted by molar-refractivity contribution is 9.10. The minimum absolute atomic E-state index is 0.234. The van der Waals surface area contributed by atoms with E-state index >= 15 is 0 Å². The first-order valence-corrected chi connectivity index (χ1v) is 8.09. The summed E-state index contributed by atoms with van der Waals surface area (Å²) in [5, 5.41) is 11.1. The molecule has 0 aliphatic heterocycles. The first-order chi connectivity index (χ1) is 11.5. The summed E-state index contributed by atoms with van der Waals surface area (Å²) in [7, 11) is 0. The predicted octanol–water partition coefficient (Wildman–Crippen LogP) is 3.23. The first kappa shape index (κ1) is 16.4. The zero-order chi connectivity index (χ0) is 17.1. The molecule has 0 saturated heterocycles. The van der Waals surface area contributed by atoms with E-state index in [1.165, 1.54) is 6.07 Å². The Hall–Kier alpha value is -2.48. The molecule has 2 heterocycles. The van der Waals surface area contributed by atoms with Crippen LogP contribution >= 0.6 is 15.9 Å². The average Bonchev–Trinajstić information content (AvgIpc) is 3.18. The van der Waals surface area contributed by atoms with E-state index < -0.39 is 6.04 Å². The number of anilines is 1. The second kappa shape index (κ2) is 6.96. The maximum absolute atomic E-state index is 13.7. The van der Waals surface area contributed by atoms with E-state index in [1.807, 2.05) is 0 Å². The fourth-order valence-corrected chi connectivity index (χ4v) is 2.50. The van der Waals surface area contributed by atoms with Gasteiger partial charge in [0.1, 0.15) is 11.9 Å². The van der Waals surface area contributed by atoms with Gasteiger partial charge >= 0.3 is 0 Å². The number of benzene rings is 1. The minimum Gasteiger partial charge on any atom is -0.307 e. The molecule has 3 rings (SSSR count). The number of hydrogen-bond donors (Lipinski definition) is 1. The van der Waals surface area contributed by atoms with Crippen LogP contribution < -0.4 is 5.32 Å². The van der Waals surface area contributed by atoms with Crippen molar-refractivity contribution in [3.8, 4) is 0 Å². The van der Waals surface area contributed by atoms with Crippen molar-refractivity contribution in [1.82, 2.24) is 19.6 Å². The summed E-state index contributed by atoms with van der Waals surface area (Å²) in [6, 6.07) is 7.72. The maximum atomic E-state index is 13.7. The summed E-state index contributed by atoms with van der Waals surface area (Å²) in [6.07, 6.45) is 5.03. The molecule has 0 saturated carbocycles. The Morgan fingerprint density at radius 1 is 1.38 bits per heavy atom. The molecule has 1 amide bonds. The predicted molar refractivity (Wildman–Crippen MR) is 91.0 cm³/mol. The van der Waals surface area contributed by atoms with E-state index in [0.29, 0.717) is 17.9 Å². The average molecular weight is 392 g/mol. The van der Waals surface area contributed by atoms with Crippen LogP contribution in [0.3, 0.4) is 0 Å². The van der Waals surface area contributed by atoms with E-state index in [-0.39, 0.29) is 11.7 Å². The van der Waals surface area contributed by atoms with Crippen LogP contribution in [0.4, 0.5) is 10.2 Å². The van der Waals surface area contributed by atoms with Crippen LogP contribution in [0.25, 0.3) is 0 Å². The van der Waals surface area contributed by atoms with Gasteiger partial charge in [0, 0.05) is 24.0 Å². The molecule has 24 heavy (non-hydrogen) atoms. The van der Waals surface area contributed by atoms with Crippen LogP contribution in [-0.2, 0) is 11.3 Å². The quantitative estimate of drug-likeness (QED) is 0.725. The van der Waals surface area contributed by atoms with Gasteiger partial charge in [0.15, 0.2) is 5.82 Å². The topological polar surface area (TPSA) is 64.7 Å². The number of nitrogens with zero attached hydrogens (tertiary/aromatic N) is 4. The summed E-state index contributed by atoms with van der Waals surface area (Å²) in [5.74, 6) is -0.104. The smallest absolute Gasteiger partial charge is 0.250 e. The van der Waals surface area contributed by atoms with Gasteiger partial charge in [-0.1, -0.05) is 18.2 Å². The molecular formula is C16H15BrFN5O. The van der Waals surface area contributed by atoms with Crippen LogP contribution in [0, 0.1) is 5.82 Å². The van der Waals surface area contributed by atoms with E-state index in [9.17, 15) is 9.18 Å². The standard InChI is InChI=1S/C16H15BrFN5O/c1-11(23-10-13(17)8-19-23)16(24)20-15-6-7-22(21-15)9-12-4-2-3-5-14(12)18/h2-8,10-11H,9H2,1H3,(H,20,21,24). The Labute approximate surface area is 146 Å². The molecule has 0 spiro atoms. The summed E-state index contributed by atoms with van der Waals surface area (Å²) in [5.41, 5.74) is 0.535. The number of nitrogens with one attached hydrogen (secondary N) is 1. The van der Waals surface area contributed by atoms with Crippen LogP contribution in [-0.4, -0.2) is 25.5 Å². The molecule has 3 aromatic rings. The zero-order valence-electron chi connectivity index (χ0n) is 12.9. The van der Waals surface area contributed by atoms with E-state index in [4.69, 9.17) is 0 Å². The molecule has 1 atom stereocenters. The fourth-order valence-electron chi connectivity index (χ4n) is 2.20. The van der Waals surface area contributed by atoms with Crippen molar-refractivity contribution in [2.45, 2.75) is 19.5 Å². The third-order valence-corrected chi connectivity index (χ3v) is 3.94. The van der Waals surface area contributed by atoms with E-state index in [2.05, 4.69) is 31.4 Å². The number of rotatable bonds is 5. The second-order valence-corrected chi connectivity index (χ2v) is 6.21. The third-order valence-electron chi connectivity index (χ3n) is 3.53. The molecule has 0 bridgehead atoms. The number of amides is 1. The highest BCUT2D eigenvalue weighted by Crippen LogP contribution is 2.14.